The number of hydrogen-bond acceptors (Lipinski definition) is 2. The lowest BCUT2D eigenvalue weighted by Gasteiger charge is -2.49. The lowest BCUT2D eigenvalue weighted by Crippen LogP contribution is -2.38. The molecular formula is C14H24O2. The molecular weight excluding hydrogens is 200 g/mol. The van der Waals surface area contributed by atoms with Gasteiger partial charge in [-0.3, -0.25) is 0 Å². The zero-order valence-corrected chi connectivity index (χ0v) is 10.2. The molecule has 4 aliphatic carbocycles. The van der Waals surface area contributed by atoms with Crippen molar-refractivity contribution in [3.8, 4) is 0 Å². The van der Waals surface area contributed by atoms with E-state index >= 15 is 0 Å². The Hall–Kier alpha value is -0.0800. The van der Waals surface area contributed by atoms with E-state index in [9.17, 15) is 0 Å². The van der Waals surface area contributed by atoms with Crippen LogP contribution in [-0.2, 0) is 9.78 Å². The third-order valence-electron chi connectivity index (χ3n) is 4.79. The lowest BCUT2D eigenvalue weighted by molar-refractivity contribution is -0.312. The van der Waals surface area contributed by atoms with E-state index in [2.05, 4.69) is 9.78 Å². The van der Waals surface area contributed by atoms with E-state index in [1.807, 2.05) is 0 Å². The van der Waals surface area contributed by atoms with Gasteiger partial charge in [0.2, 0.25) is 0 Å². The minimum absolute atomic E-state index is 0.778. The topological polar surface area (TPSA) is 18.5 Å². The van der Waals surface area contributed by atoms with E-state index in [-0.39, 0.29) is 0 Å². The van der Waals surface area contributed by atoms with Gasteiger partial charge in [-0.2, -0.15) is 0 Å². The Kier molecular flexibility index (Phi) is 3.49. The molecule has 16 heavy (non-hydrogen) atoms. The zero-order valence-electron chi connectivity index (χ0n) is 10.2. The van der Waals surface area contributed by atoms with E-state index in [1.54, 1.807) is 38.5 Å². The fourth-order valence-electron chi connectivity index (χ4n) is 4.42. The molecule has 5 aliphatic rings. The van der Waals surface area contributed by atoms with Crippen molar-refractivity contribution in [2.45, 2.75) is 51.4 Å². The highest BCUT2D eigenvalue weighted by atomic mass is 17.2. The van der Waals surface area contributed by atoms with Crippen LogP contribution < -0.4 is 0 Å². The predicted octanol–water partition coefficient (Wildman–Crippen LogP) is 3.56. The first-order chi connectivity index (χ1) is 7.90. The monoisotopic (exact) mass is 224 g/mol. The van der Waals surface area contributed by atoms with Gasteiger partial charge in [-0.25, -0.2) is 9.78 Å². The van der Waals surface area contributed by atoms with Crippen LogP contribution in [0.3, 0.4) is 0 Å². The third-order valence-corrected chi connectivity index (χ3v) is 4.79. The van der Waals surface area contributed by atoms with Crippen LogP contribution in [0.4, 0.5) is 0 Å². The molecule has 92 valence electrons. The molecule has 0 aromatic rings. The van der Waals surface area contributed by atoms with Crippen molar-refractivity contribution < 1.29 is 9.78 Å². The van der Waals surface area contributed by atoms with Gasteiger partial charge in [-0.05, 0) is 75.0 Å². The van der Waals surface area contributed by atoms with Crippen LogP contribution >= 0.6 is 0 Å². The summed E-state index contributed by atoms with van der Waals surface area (Å²) in [5.41, 5.74) is 0. The van der Waals surface area contributed by atoms with Crippen LogP contribution in [0.25, 0.3) is 0 Å². The van der Waals surface area contributed by atoms with Crippen LogP contribution in [-0.4, -0.2) is 13.2 Å². The fourth-order valence-corrected chi connectivity index (χ4v) is 4.42. The SMILES string of the molecule is C1C2CC3CC1CC(C2)C3.C1CCOOC1. The second-order valence-corrected chi connectivity index (χ2v) is 6.23. The predicted molar refractivity (Wildman–Crippen MR) is 62.8 cm³/mol. The van der Waals surface area contributed by atoms with Gasteiger partial charge in [-0.1, -0.05) is 0 Å². The van der Waals surface area contributed by atoms with Crippen molar-refractivity contribution in [3.05, 3.63) is 0 Å². The molecule has 0 spiro atoms. The molecule has 4 bridgehead atoms. The number of hydrogen-bond donors (Lipinski definition) is 0. The second-order valence-electron chi connectivity index (χ2n) is 6.23. The molecule has 0 amide bonds. The summed E-state index contributed by atoms with van der Waals surface area (Å²) in [7, 11) is 0. The van der Waals surface area contributed by atoms with Crippen LogP contribution in [0.15, 0.2) is 0 Å². The van der Waals surface area contributed by atoms with Crippen LogP contribution in [0.2, 0.25) is 0 Å². The lowest BCUT2D eigenvalue weighted by atomic mass is 9.56. The molecule has 0 aromatic heterocycles. The molecule has 0 radical (unpaired) electrons. The molecule has 2 nitrogen and oxygen atoms in total. The first-order valence-electron chi connectivity index (χ1n) is 7.14. The Labute approximate surface area is 98.6 Å². The van der Waals surface area contributed by atoms with Crippen molar-refractivity contribution in [1.29, 1.82) is 0 Å². The fraction of sp³-hybridized carbons (Fsp3) is 1.00. The van der Waals surface area contributed by atoms with E-state index in [1.165, 1.54) is 23.7 Å². The van der Waals surface area contributed by atoms with Gasteiger partial charge < -0.3 is 0 Å². The summed E-state index contributed by atoms with van der Waals surface area (Å²) < 4.78 is 0. The zero-order chi connectivity index (χ0) is 10.8. The molecule has 0 aromatic carbocycles. The van der Waals surface area contributed by atoms with Gasteiger partial charge in [0.05, 0.1) is 13.2 Å². The van der Waals surface area contributed by atoms with Crippen molar-refractivity contribution in [3.63, 3.8) is 0 Å². The van der Waals surface area contributed by atoms with Crippen molar-refractivity contribution in [1.82, 2.24) is 0 Å². The van der Waals surface area contributed by atoms with E-state index in [4.69, 9.17) is 0 Å². The summed E-state index contributed by atoms with van der Waals surface area (Å²) in [5.74, 6) is 4.71. The van der Waals surface area contributed by atoms with Crippen molar-refractivity contribution in [2.75, 3.05) is 13.2 Å². The highest BCUT2D eigenvalue weighted by Gasteiger charge is 2.41. The van der Waals surface area contributed by atoms with Crippen molar-refractivity contribution in [2.24, 2.45) is 23.7 Å². The van der Waals surface area contributed by atoms with Crippen molar-refractivity contribution >= 4 is 0 Å². The maximum atomic E-state index is 4.57. The largest absolute Gasteiger partial charge is 0.237 e. The minimum Gasteiger partial charge on any atom is -0.237 e. The second kappa shape index (κ2) is 5.05. The standard InChI is InChI=1S/C10H16.C4H8O2/c1-7-2-9-4-8(1)5-10(3-7)6-9;1-2-4-6-5-3-1/h7-10H,1-6H2;1-4H2. The van der Waals surface area contributed by atoms with Gasteiger partial charge in [0.15, 0.2) is 0 Å². The summed E-state index contributed by atoms with van der Waals surface area (Å²) in [6.45, 7) is 1.56. The summed E-state index contributed by atoms with van der Waals surface area (Å²) in [6, 6.07) is 0. The molecule has 1 aliphatic heterocycles. The molecule has 5 fully saturated rings. The average molecular weight is 224 g/mol. The molecule has 1 heterocycles. The first-order valence-corrected chi connectivity index (χ1v) is 7.14. The van der Waals surface area contributed by atoms with Gasteiger partial charge in [-0.15, -0.1) is 0 Å². The van der Waals surface area contributed by atoms with Crippen LogP contribution in [0.1, 0.15) is 51.4 Å². The molecule has 0 unspecified atom stereocenters. The van der Waals surface area contributed by atoms with E-state index in [0.717, 1.165) is 26.1 Å². The Morgan fingerprint density at radius 3 is 1.00 bits per heavy atom. The van der Waals surface area contributed by atoms with Gasteiger partial charge in [0.1, 0.15) is 0 Å². The molecule has 1 saturated heterocycles. The number of rotatable bonds is 0. The first kappa shape index (κ1) is 11.0. The van der Waals surface area contributed by atoms with E-state index in [0.29, 0.717) is 0 Å². The van der Waals surface area contributed by atoms with Crippen LogP contribution in [0.5, 0.6) is 0 Å². The molecule has 4 saturated carbocycles. The van der Waals surface area contributed by atoms with Gasteiger partial charge in [0.25, 0.3) is 0 Å². The Balaban J connectivity index is 0.000000117. The summed E-state index contributed by atoms with van der Waals surface area (Å²) in [6.07, 6.45) is 11.9. The summed E-state index contributed by atoms with van der Waals surface area (Å²) >= 11 is 0. The molecule has 0 atom stereocenters. The molecule has 2 heteroatoms. The third kappa shape index (κ3) is 2.60. The Bertz CT molecular complexity index is 155. The Morgan fingerprint density at radius 1 is 0.500 bits per heavy atom. The normalized spacial score (nSPS) is 45.0. The van der Waals surface area contributed by atoms with Gasteiger partial charge in [0, 0.05) is 0 Å². The quantitative estimate of drug-likeness (QED) is 0.586. The average Bonchev–Trinajstić information content (AvgIpc) is 2.30. The highest BCUT2D eigenvalue weighted by molar-refractivity contribution is 4.92. The smallest absolute Gasteiger partial charge is 0.0823 e. The maximum Gasteiger partial charge on any atom is 0.0823 e. The summed E-state index contributed by atoms with van der Waals surface area (Å²) in [5, 5.41) is 0. The van der Waals surface area contributed by atoms with Crippen LogP contribution in [0, 0.1) is 23.7 Å². The molecule has 5 rings (SSSR count). The highest BCUT2D eigenvalue weighted by Crippen LogP contribution is 2.53. The summed E-state index contributed by atoms with van der Waals surface area (Å²) in [4.78, 5) is 9.14. The minimum atomic E-state index is 0.778. The molecule has 0 N–H and O–H groups in total. The Morgan fingerprint density at radius 2 is 0.812 bits per heavy atom. The van der Waals surface area contributed by atoms with Gasteiger partial charge >= 0.3 is 0 Å². The van der Waals surface area contributed by atoms with E-state index < -0.39 is 0 Å². The maximum absolute atomic E-state index is 4.57.